The van der Waals surface area contributed by atoms with Crippen LogP contribution in [-0.4, -0.2) is 14.2 Å². The van der Waals surface area contributed by atoms with E-state index in [0.717, 1.165) is 28.4 Å². The van der Waals surface area contributed by atoms with Crippen LogP contribution in [0.1, 0.15) is 5.56 Å². The molecule has 0 bridgehead atoms. The highest BCUT2D eigenvalue weighted by atomic mass is 16.5. The maximum Gasteiger partial charge on any atom is 0.142 e. The molecule has 0 fully saturated rings. The van der Waals surface area contributed by atoms with Crippen molar-refractivity contribution in [1.29, 1.82) is 0 Å². The molecule has 2 aromatic carbocycles. The number of methoxy groups -OCH3 is 1. The van der Waals surface area contributed by atoms with Crippen LogP contribution < -0.4 is 15.4 Å². The number of anilines is 3. The Morgan fingerprint density at radius 1 is 1.00 bits per heavy atom. The number of hydrogen-bond acceptors (Lipinski definition) is 3. The number of para-hydroxylation sites is 3. The van der Waals surface area contributed by atoms with Crippen molar-refractivity contribution in [2.75, 3.05) is 24.8 Å². The lowest BCUT2D eigenvalue weighted by Gasteiger charge is -2.23. The molecular formula is C15H18N2O. The van der Waals surface area contributed by atoms with Crippen molar-refractivity contribution in [3.8, 4) is 5.75 Å². The molecule has 2 N–H and O–H groups in total. The summed E-state index contributed by atoms with van der Waals surface area (Å²) >= 11 is 0. The SMILES string of the molecule is COc1ccccc1N(C)c1cccc(C)c1N. The van der Waals surface area contributed by atoms with Gasteiger partial charge in [0, 0.05) is 7.05 Å². The molecule has 0 saturated carbocycles. The highest BCUT2D eigenvalue weighted by molar-refractivity contribution is 5.78. The summed E-state index contributed by atoms with van der Waals surface area (Å²) in [4.78, 5) is 2.04. The number of ether oxygens (including phenoxy) is 1. The molecule has 3 nitrogen and oxygen atoms in total. The number of nitrogen functional groups attached to an aromatic ring is 1. The van der Waals surface area contributed by atoms with E-state index in [1.807, 2.05) is 61.3 Å². The molecule has 0 aliphatic heterocycles. The average molecular weight is 242 g/mol. The second-order valence-corrected chi connectivity index (χ2v) is 4.24. The second kappa shape index (κ2) is 5.00. The van der Waals surface area contributed by atoms with Crippen molar-refractivity contribution in [2.24, 2.45) is 0 Å². The summed E-state index contributed by atoms with van der Waals surface area (Å²) in [6.45, 7) is 2.01. The second-order valence-electron chi connectivity index (χ2n) is 4.24. The number of rotatable bonds is 3. The van der Waals surface area contributed by atoms with E-state index in [9.17, 15) is 0 Å². The number of nitrogens with zero attached hydrogens (tertiary/aromatic N) is 1. The fraction of sp³-hybridized carbons (Fsp3) is 0.200. The van der Waals surface area contributed by atoms with Crippen LogP contribution >= 0.6 is 0 Å². The van der Waals surface area contributed by atoms with Crippen LogP contribution in [0.5, 0.6) is 5.75 Å². The standard InChI is InChI=1S/C15H18N2O/c1-11-7-6-9-13(15(11)16)17(2)12-8-4-5-10-14(12)18-3/h4-10H,16H2,1-3H3. The fourth-order valence-electron chi connectivity index (χ4n) is 1.99. The van der Waals surface area contributed by atoms with Gasteiger partial charge in [0.15, 0.2) is 0 Å². The van der Waals surface area contributed by atoms with Gasteiger partial charge in [-0.05, 0) is 30.7 Å². The van der Waals surface area contributed by atoms with E-state index in [-0.39, 0.29) is 0 Å². The first-order valence-electron chi connectivity index (χ1n) is 5.87. The van der Waals surface area contributed by atoms with E-state index >= 15 is 0 Å². The van der Waals surface area contributed by atoms with Crippen molar-refractivity contribution >= 4 is 17.1 Å². The molecular weight excluding hydrogens is 224 g/mol. The monoisotopic (exact) mass is 242 g/mol. The lowest BCUT2D eigenvalue weighted by molar-refractivity contribution is 0.415. The van der Waals surface area contributed by atoms with Crippen LogP contribution in [0.15, 0.2) is 42.5 Å². The van der Waals surface area contributed by atoms with Crippen molar-refractivity contribution < 1.29 is 4.74 Å². The minimum atomic E-state index is 0.797. The Morgan fingerprint density at radius 3 is 2.39 bits per heavy atom. The van der Waals surface area contributed by atoms with Crippen LogP contribution in [0, 0.1) is 6.92 Å². The third-order valence-corrected chi connectivity index (χ3v) is 3.11. The Morgan fingerprint density at radius 2 is 1.67 bits per heavy atom. The topological polar surface area (TPSA) is 38.5 Å². The van der Waals surface area contributed by atoms with Crippen LogP contribution in [0.4, 0.5) is 17.1 Å². The predicted octanol–water partition coefficient (Wildman–Crippen LogP) is 3.35. The van der Waals surface area contributed by atoms with E-state index in [1.165, 1.54) is 0 Å². The molecule has 3 heteroatoms. The number of nitrogens with two attached hydrogens (primary N) is 1. The van der Waals surface area contributed by atoms with Gasteiger partial charge < -0.3 is 15.4 Å². The molecule has 2 aromatic rings. The van der Waals surface area contributed by atoms with Crippen LogP contribution in [0.2, 0.25) is 0 Å². The van der Waals surface area contributed by atoms with Crippen molar-refractivity contribution in [1.82, 2.24) is 0 Å². The van der Waals surface area contributed by atoms with Crippen LogP contribution in [-0.2, 0) is 0 Å². The zero-order valence-electron chi connectivity index (χ0n) is 11.0. The molecule has 0 radical (unpaired) electrons. The summed E-state index contributed by atoms with van der Waals surface area (Å²) < 4.78 is 5.38. The van der Waals surface area contributed by atoms with Gasteiger partial charge in [0.1, 0.15) is 5.75 Å². The zero-order chi connectivity index (χ0) is 13.1. The molecule has 0 unspecified atom stereocenters. The van der Waals surface area contributed by atoms with Crippen molar-refractivity contribution in [2.45, 2.75) is 6.92 Å². The van der Waals surface area contributed by atoms with E-state index in [2.05, 4.69) is 0 Å². The van der Waals surface area contributed by atoms with Gasteiger partial charge in [-0.25, -0.2) is 0 Å². The third kappa shape index (κ3) is 2.12. The lowest BCUT2D eigenvalue weighted by atomic mass is 10.1. The molecule has 0 aliphatic rings. The number of benzene rings is 2. The van der Waals surface area contributed by atoms with E-state index in [0.29, 0.717) is 0 Å². The smallest absolute Gasteiger partial charge is 0.142 e. The quantitative estimate of drug-likeness (QED) is 0.839. The van der Waals surface area contributed by atoms with E-state index in [4.69, 9.17) is 10.5 Å². The van der Waals surface area contributed by atoms with E-state index < -0.39 is 0 Å². The Balaban J connectivity index is 2.48. The molecule has 0 amide bonds. The van der Waals surface area contributed by atoms with Gasteiger partial charge in [-0.2, -0.15) is 0 Å². The molecule has 0 aromatic heterocycles. The highest BCUT2D eigenvalue weighted by Crippen LogP contribution is 2.35. The van der Waals surface area contributed by atoms with Gasteiger partial charge in [-0.1, -0.05) is 24.3 Å². The van der Waals surface area contributed by atoms with E-state index in [1.54, 1.807) is 7.11 Å². The summed E-state index contributed by atoms with van der Waals surface area (Å²) in [6.07, 6.45) is 0. The molecule has 0 heterocycles. The molecule has 0 spiro atoms. The largest absolute Gasteiger partial charge is 0.495 e. The molecule has 2 rings (SSSR count). The predicted molar refractivity (Wildman–Crippen MR) is 76.6 cm³/mol. The Hall–Kier alpha value is -2.16. The summed E-state index contributed by atoms with van der Waals surface area (Å²) in [7, 11) is 3.66. The first kappa shape index (κ1) is 12.3. The van der Waals surface area contributed by atoms with Crippen LogP contribution in [0.3, 0.4) is 0 Å². The minimum Gasteiger partial charge on any atom is -0.495 e. The number of aryl methyl sites for hydroxylation is 1. The van der Waals surface area contributed by atoms with Gasteiger partial charge in [0.2, 0.25) is 0 Å². The summed E-state index contributed by atoms with van der Waals surface area (Å²) in [5, 5.41) is 0. The van der Waals surface area contributed by atoms with Gasteiger partial charge in [-0.15, -0.1) is 0 Å². The van der Waals surface area contributed by atoms with Crippen molar-refractivity contribution in [3.63, 3.8) is 0 Å². The maximum atomic E-state index is 6.13. The molecule has 0 atom stereocenters. The van der Waals surface area contributed by atoms with Gasteiger partial charge in [0.25, 0.3) is 0 Å². The fourth-order valence-corrected chi connectivity index (χ4v) is 1.99. The molecule has 0 aliphatic carbocycles. The highest BCUT2D eigenvalue weighted by Gasteiger charge is 2.12. The van der Waals surface area contributed by atoms with Crippen LogP contribution in [0.25, 0.3) is 0 Å². The summed E-state index contributed by atoms with van der Waals surface area (Å²) in [5.41, 5.74) is 9.99. The zero-order valence-corrected chi connectivity index (χ0v) is 11.0. The number of hydrogen-bond donors (Lipinski definition) is 1. The Labute approximate surface area is 108 Å². The molecule has 94 valence electrons. The Kier molecular flexibility index (Phi) is 3.42. The third-order valence-electron chi connectivity index (χ3n) is 3.11. The van der Waals surface area contributed by atoms with Gasteiger partial charge in [-0.3, -0.25) is 0 Å². The van der Waals surface area contributed by atoms with Gasteiger partial charge >= 0.3 is 0 Å². The Bertz CT molecular complexity index is 552. The van der Waals surface area contributed by atoms with Gasteiger partial charge in [0.05, 0.1) is 24.2 Å². The maximum absolute atomic E-state index is 6.13. The molecule has 0 saturated heterocycles. The minimum absolute atomic E-state index is 0.797. The molecule has 18 heavy (non-hydrogen) atoms. The first-order valence-corrected chi connectivity index (χ1v) is 5.87. The normalized spacial score (nSPS) is 10.2. The summed E-state index contributed by atoms with van der Waals surface area (Å²) in [5.74, 6) is 0.834. The first-order chi connectivity index (χ1) is 8.65. The lowest BCUT2D eigenvalue weighted by Crippen LogP contribution is -2.13. The summed E-state index contributed by atoms with van der Waals surface area (Å²) in [6, 6.07) is 13.9. The van der Waals surface area contributed by atoms with Crippen molar-refractivity contribution in [3.05, 3.63) is 48.0 Å². The average Bonchev–Trinajstić information content (AvgIpc) is 2.41.